The van der Waals surface area contributed by atoms with Gasteiger partial charge in [0.05, 0.1) is 53.1 Å². The van der Waals surface area contributed by atoms with Crippen LogP contribution in [-0.2, 0) is 33.9 Å². The van der Waals surface area contributed by atoms with Crippen LogP contribution in [0.3, 0.4) is 0 Å². The lowest BCUT2D eigenvalue weighted by atomic mass is 9.82. The van der Waals surface area contributed by atoms with Crippen molar-refractivity contribution in [2.24, 2.45) is 29.1 Å². The third kappa shape index (κ3) is 9.22. The van der Waals surface area contributed by atoms with Gasteiger partial charge in [0.2, 0.25) is 39.3 Å². The van der Waals surface area contributed by atoms with E-state index in [9.17, 15) is 40.8 Å². The van der Waals surface area contributed by atoms with Crippen LogP contribution in [0, 0.1) is 29.1 Å². The van der Waals surface area contributed by atoms with E-state index in [1.165, 1.54) is 12.0 Å². The lowest BCUT2D eigenvalue weighted by Crippen LogP contribution is -2.48. The van der Waals surface area contributed by atoms with E-state index in [2.05, 4.69) is 14.7 Å². The summed E-state index contributed by atoms with van der Waals surface area (Å²) in [5, 5.41) is 0.521. The predicted octanol–water partition coefficient (Wildman–Crippen LogP) is 5.92. The van der Waals surface area contributed by atoms with Gasteiger partial charge in [0, 0.05) is 33.0 Å². The molecule has 1 aromatic heterocycles. The summed E-state index contributed by atoms with van der Waals surface area (Å²) in [4.78, 5) is 69.2. The van der Waals surface area contributed by atoms with Crippen LogP contribution in [0.1, 0.15) is 92.4 Å². The minimum absolute atomic E-state index is 0.00653. The molecule has 6 rings (SSSR count). The van der Waals surface area contributed by atoms with Crippen LogP contribution in [0.2, 0.25) is 0 Å². The highest BCUT2D eigenvalue weighted by atomic mass is 32.2. The van der Waals surface area contributed by atoms with E-state index in [0.717, 1.165) is 13.8 Å². The van der Waals surface area contributed by atoms with E-state index in [1.807, 2.05) is 19.1 Å². The molecule has 3 fully saturated rings. The summed E-state index contributed by atoms with van der Waals surface area (Å²) in [7, 11) is 0.977. The minimum Gasteiger partial charge on any atom is -0.497 e. The second kappa shape index (κ2) is 16.4. The van der Waals surface area contributed by atoms with Gasteiger partial charge in [0.1, 0.15) is 11.9 Å². The van der Waals surface area contributed by atoms with Crippen molar-refractivity contribution in [3.05, 3.63) is 30.4 Å². The Morgan fingerprint density at radius 3 is 2.42 bits per heavy atom. The van der Waals surface area contributed by atoms with Gasteiger partial charge in [-0.3, -0.25) is 23.9 Å². The maximum absolute atomic E-state index is 14.9. The summed E-state index contributed by atoms with van der Waals surface area (Å²) < 4.78 is 86.0. The van der Waals surface area contributed by atoms with Crippen LogP contribution in [0.5, 0.6) is 11.6 Å². The first-order valence-corrected chi connectivity index (χ1v) is 21.9. The molecule has 2 aliphatic carbocycles. The molecule has 2 amide bonds. The molecule has 0 unspecified atom stereocenters. The number of nitrogens with one attached hydrogen (secondary N) is 1. The van der Waals surface area contributed by atoms with Crippen molar-refractivity contribution in [3.63, 3.8) is 0 Å². The highest BCUT2D eigenvalue weighted by molar-refractivity contribution is 7.91. The number of nitrogens with zero attached hydrogens (tertiary/aromatic N) is 4. The zero-order valence-corrected chi connectivity index (χ0v) is 36.2. The van der Waals surface area contributed by atoms with Crippen molar-refractivity contribution in [1.29, 1.82) is 0 Å². The summed E-state index contributed by atoms with van der Waals surface area (Å²) in [6.45, 7) is 6.61. The Hall–Kier alpha value is -4.48. The van der Waals surface area contributed by atoms with Gasteiger partial charge in [-0.15, -0.1) is 0 Å². The fourth-order valence-corrected chi connectivity index (χ4v) is 9.63. The number of amides is 2. The zero-order valence-electron chi connectivity index (χ0n) is 35.4. The van der Waals surface area contributed by atoms with Gasteiger partial charge in [0.15, 0.2) is 5.78 Å². The molecule has 0 spiro atoms. The standard InChI is InChI=1S/C42H56F3N5O9S/c1-24-11-9-10-12-26-21-41(26,37(54)48-60(55,56)40(5)15-16-40)22-33(51)32-19-28(58-35-29-14-13-27(57-8)18-31(29)46-38(47-35)49(6)7)23-50(32)36(53)30(25(2)17-24)20-34(52)59-39(3,4)42(43,44)45/h10,12-14,18,24-26,28,30,32H,9,11,15-17,19-23H2,1-8H3,(H,48,54)/b12-10-/t24-,25-,26-,28-,30+,32+,41-/m1/s1. The lowest BCUT2D eigenvalue weighted by Gasteiger charge is -2.33. The molecular weight excluding hydrogens is 808 g/mol. The smallest absolute Gasteiger partial charge is 0.427 e. The first-order chi connectivity index (χ1) is 27.9. The molecule has 60 heavy (non-hydrogen) atoms. The van der Waals surface area contributed by atoms with Gasteiger partial charge in [-0.1, -0.05) is 26.0 Å². The number of halogens is 3. The first kappa shape index (κ1) is 45.1. The van der Waals surface area contributed by atoms with Gasteiger partial charge in [-0.2, -0.15) is 18.2 Å². The third-order valence-corrected chi connectivity index (χ3v) is 14.9. The molecule has 1 aromatic carbocycles. The number of alkyl halides is 3. The summed E-state index contributed by atoms with van der Waals surface area (Å²) in [6, 6.07) is 3.94. The minimum atomic E-state index is -4.87. The molecule has 4 aliphatic rings. The van der Waals surface area contributed by atoms with Crippen molar-refractivity contribution in [2.75, 3.05) is 32.6 Å². The number of rotatable bonds is 10. The molecule has 2 saturated carbocycles. The molecule has 14 nitrogen and oxygen atoms in total. The second-order valence-corrected chi connectivity index (χ2v) is 20.4. The Bertz CT molecular complexity index is 2160. The summed E-state index contributed by atoms with van der Waals surface area (Å²) in [5.74, 6) is -4.27. The highest BCUT2D eigenvalue weighted by Gasteiger charge is 2.63. The van der Waals surface area contributed by atoms with E-state index >= 15 is 0 Å². The molecule has 1 N–H and O–H groups in total. The Morgan fingerprint density at radius 1 is 1.08 bits per heavy atom. The molecule has 7 atom stereocenters. The maximum atomic E-state index is 14.9. The molecule has 1 saturated heterocycles. The highest BCUT2D eigenvalue weighted by Crippen LogP contribution is 2.58. The fourth-order valence-electron chi connectivity index (χ4n) is 8.29. The van der Waals surface area contributed by atoms with E-state index in [1.54, 1.807) is 51.0 Å². The molecule has 3 heterocycles. The zero-order chi connectivity index (χ0) is 44.2. The van der Waals surface area contributed by atoms with Gasteiger partial charge < -0.3 is 24.0 Å². The summed E-state index contributed by atoms with van der Waals surface area (Å²) in [6.07, 6.45) is -0.388. The fraction of sp³-hybridized carbons (Fsp3) is 0.667. The Morgan fingerprint density at radius 2 is 1.78 bits per heavy atom. The number of Topliss-reactive ketones (excluding diaryl/α,β-unsaturated/α-hetero) is 1. The maximum Gasteiger partial charge on any atom is 0.427 e. The Kier molecular flexibility index (Phi) is 12.3. The number of ether oxygens (including phenoxy) is 3. The number of fused-ring (bicyclic) bond motifs is 3. The molecule has 2 aromatic rings. The number of esters is 1. The number of hydrogen-bond acceptors (Lipinski definition) is 12. The van der Waals surface area contributed by atoms with Gasteiger partial charge in [-0.05, 0) is 89.2 Å². The Balaban J connectivity index is 1.38. The lowest BCUT2D eigenvalue weighted by molar-refractivity contribution is -0.257. The number of sulfonamides is 1. The monoisotopic (exact) mass is 863 g/mol. The normalized spacial score (nSPS) is 29.0. The largest absolute Gasteiger partial charge is 0.497 e. The number of hydrogen-bond donors (Lipinski definition) is 1. The topological polar surface area (TPSA) is 174 Å². The van der Waals surface area contributed by atoms with Crippen molar-refractivity contribution >= 4 is 50.4 Å². The van der Waals surface area contributed by atoms with Gasteiger partial charge in [0.25, 0.3) is 0 Å². The first-order valence-electron chi connectivity index (χ1n) is 20.5. The van der Waals surface area contributed by atoms with E-state index in [-0.39, 0.29) is 37.6 Å². The number of methoxy groups -OCH3 is 1. The van der Waals surface area contributed by atoms with E-state index in [0.29, 0.717) is 54.7 Å². The Labute approximate surface area is 349 Å². The molecule has 18 heteroatoms. The quantitative estimate of drug-likeness (QED) is 0.221. The number of anilines is 1. The van der Waals surface area contributed by atoms with Gasteiger partial charge in [-0.25, -0.2) is 13.4 Å². The van der Waals surface area contributed by atoms with Crippen LogP contribution >= 0.6 is 0 Å². The van der Waals surface area contributed by atoms with Crippen molar-refractivity contribution in [2.45, 2.75) is 121 Å². The number of aromatic nitrogens is 2. The van der Waals surface area contributed by atoms with Gasteiger partial charge >= 0.3 is 12.1 Å². The molecule has 2 aliphatic heterocycles. The number of carbonyl (C=O) groups is 4. The summed E-state index contributed by atoms with van der Waals surface area (Å²) in [5.41, 5.74) is -3.72. The van der Waals surface area contributed by atoms with Crippen LogP contribution in [0.25, 0.3) is 10.9 Å². The number of ketones is 1. The van der Waals surface area contributed by atoms with Crippen molar-refractivity contribution < 1.29 is 55.0 Å². The van der Waals surface area contributed by atoms with Crippen molar-refractivity contribution in [1.82, 2.24) is 19.6 Å². The SMILES string of the molecule is COc1ccc2c(O[C@@H]3C[C@H]4C(=O)C[C@]5(C(=O)NS(=O)(=O)C6(C)CC6)C[C@H]5/C=C\CC[C@@H](C)C[C@@H](C)[C@H](CC(=O)OC(C)(C)C(F)(F)F)C(=O)N4C3)nc(N(C)C)nc2c1. The average Bonchev–Trinajstić information content (AvgIpc) is 4.04. The second-order valence-electron chi connectivity index (χ2n) is 18.2. The van der Waals surface area contributed by atoms with Crippen molar-refractivity contribution in [3.8, 4) is 11.6 Å². The number of carbonyl (C=O) groups excluding carboxylic acids is 4. The third-order valence-electron chi connectivity index (χ3n) is 12.8. The van der Waals surface area contributed by atoms with Crippen LogP contribution < -0.4 is 19.1 Å². The van der Waals surface area contributed by atoms with Crippen LogP contribution in [0.15, 0.2) is 30.4 Å². The van der Waals surface area contributed by atoms with E-state index in [4.69, 9.17) is 14.2 Å². The number of allylic oxidation sites excluding steroid dienone is 2. The molecule has 0 bridgehead atoms. The summed E-state index contributed by atoms with van der Waals surface area (Å²) >= 11 is 0. The van der Waals surface area contributed by atoms with E-state index < -0.39 is 91.8 Å². The molecule has 0 radical (unpaired) electrons. The predicted molar refractivity (Wildman–Crippen MR) is 215 cm³/mol. The average molecular weight is 864 g/mol. The molecular formula is C42H56F3N5O9S. The molecule has 330 valence electrons. The van der Waals surface area contributed by atoms with Crippen LogP contribution in [0.4, 0.5) is 19.1 Å². The number of benzene rings is 1. The van der Waals surface area contributed by atoms with Crippen LogP contribution in [-0.4, -0.2) is 103 Å².